The Bertz CT molecular complexity index is 1110. The fourth-order valence-corrected chi connectivity index (χ4v) is 4.32. The molecule has 0 aliphatic carbocycles. The molecule has 0 radical (unpaired) electrons. The molecule has 3 aromatic rings. The molecule has 0 amide bonds. The second kappa shape index (κ2) is 7.44. The van der Waals surface area contributed by atoms with Gasteiger partial charge in [0.15, 0.2) is 0 Å². The van der Waals surface area contributed by atoms with Crippen molar-refractivity contribution in [2.75, 3.05) is 19.0 Å². The third kappa shape index (κ3) is 3.98. The van der Waals surface area contributed by atoms with Gasteiger partial charge in [0.2, 0.25) is 10.0 Å². The highest BCUT2D eigenvalue weighted by atomic mass is 32.2. The Morgan fingerprint density at radius 3 is 2.21 bits per heavy atom. The molecule has 0 spiro atoms. The zero-order valence-corrected chi connectivity index (χ0v) is 16.1. The van der Waals surface area contributed by atoms with E-state index in [9.17, 15) is 21.6 Å². The maximum atomic E-state index is 13.1. The normalized spacial score (nSPS) is 12.3. The van der Waals surface area contributed by atoms with Gasteiger partial charge in [-0.3, -0.25) is 0 Å². The summed E-state index contributed by atoms with van der Waals surface area (Å²) in [7, 11) is -0.327. The Morgan fingerprint density at radius 1 is 0.893 bits per heavy atom. The number of fused-ring (bicyclic) bond motifs is 1. The van der Waals surface area contributed by atoms with Crippen molar-refractivity contribution in [2.24, 2.45) is 0 Å². The lowest BCUT2D eigenvalue weighted by Crippen LogP contribution is -2.25. The Kier molecular flexibility index (Phi) is 5.36. The summed E-state index contributed by atoms with van der Waals surface area (Å²) >= 11 is 0. The highest BCUT2D eigenvalue weighted by molar-refractivity contribution is 7.89. The van der Waals surface area contributed by atoms with E-state index in [2.05, 4.69) is 4.72 Å². The summed E-state index contributed by atoms with van der Waals surface area (Å²) < 4.78 is 67.4. The molecule has 0 unspecified atom stereocenters. The van der Waals surface area contributed by atoms with Gasteiger partial charge in [-0.1, -0.05) is 42.5 Å². The van der Waals surface area contributed by atoms with E-state index in [0.717, 1.165) is 17.1 Å². The van der Waals surface area contributed by atoms with Gasteiger partial charge < -0.3 is 4.90 Å². The molecule has 0 saturated carbocycles. The Balaban J connectivity index is 1.99. The molecular formula is C20H19F3N2O2S. The van der Waals surface area contributed by atoms with E-state index in [1.807, 2.05) is 31.1 Å². The summed E-state index contributed by atoms with van der Waals surface area (Å²) in [4.78, 5) is 1.89. The van der Waals surface area contributed by atoms with E-state index in [1.165, 1.54) is 24.3 Å². The second-order valence-corrected chi connectivity index (χ2v) is 8.24. The average Bonchev–Trinajstić information content (AvgIpc) is 2.64. The van der Waals surface area contributed by atoms with Crippen LogP contribution in [-0.4, -0.2) is 22.5 Å². The van der Waals surface area contributed by atoms with Gasteiger partial charge in [0.05, 0.1) is 10.5 Å². The van der Waals surface area contributed by atoms with Gasteiger partial charge in [0.1, 0.15) is 0 Å². The first-order valence-corrected chi connectivity index (χ1v) is 9.93. The maximum absolute atomic E-state index is 13.1. The molecule has 0 heterocycles. The van der Waals surface area contributed by atoms with Crippen molar-refractivity contribution in [1.29, 1.82) is 0 Å². The topological polar surface area (TPSA) is 49.4 Å². The number of halogens is 3. The minimum absolute atomic E-state index is 0.0261. The second-order valence-electron chi connectivity index (χ2n) is 6.50. The number of nitrogens with zero attached hydrogens (tertiary/aromatic N) is 1. The van der Waals surface area contributed by atoms with Crippen LogP contribution < -0.4 is 9.62 Å². The van der Waals surface area contributed by atoms with Crippen molar-refractivity contribution in [3.63, 3.8) is 0 Å². The Morgan fingerprint density at radius 2 is 1.54 bits per heavy atom. The fourth-order valence-electron chi connectivity index (χ4n) is 3.09. The van der Waals surface area contributed by atoms with Crippen LogP contribution >= 0.6 is 0 Å². The molecule has 0 aromatic heterocycles. The van der Waals surface area contributed by atoms with E-state index in [4.69, 9.17) is 0 Å². The molecule has 3 rings (SSSR count). The van der Waals surface area contributed by atoms with Gasteiger partial charge in [-0.05, 0) is 23.8 Å². The zero-order chi connectivity index (χ0) is 20.5. The van der Waals surface area contributed by atoms with Gasteiger partial charge in [0, 0.05) is 37.1 Å². The number of benzene rings is 3. The molecule has 148 valence electrons. The van der Waals surface area contributed by atoms with Crippen LogP contribution in [-0.2, 0) is 22.7 Å². The number of nitrogens with one attached hydrogen (secondary N) is 1. The number of hydrogen-bond donors (Lipinski definition) is 1. The summed E-state index contributed by atoms with van der Waals surface area (Å²) in [6, 6.07) is 15.1. The SMILES string of the molecule is CN(C)c1cccc2c(S(=O)(=O)NCc3ccccc3C(F)(F)F)cccc12. The smallest absolute Gasteiger partial charge is 0.377 e. The molecule has 4 nitrogen and oxygen atoms in total. The number of rotatable bonds is 5. The quantitative estimate of drug-likeness (QED) is 0.681. The first-order chi connectivity index (χ1) is 13.1. The Hall–Kier alpha value is -2.58. The molecule has 3 aromatic carbocycles. The predicted octanol–water partition coefficient (Wildman–Crippen LogP) is 4.40. The van der Waals surface area contributed by atoms with Gasteiger partial charge in [-0.25, -0.2) is 13.1 Å². The standard InChI is InChI=1S/C20H19F3N2O2S/c1-25(2)18-11-5-9-16-15(18)8-6-12-19(16)28(26,27)24-13-14-7-3-4-10-17(14)20(21,22)23/h3-12,24H,13H2,1-2H3. The molecule has 1 N–H and O–H groups in total. The minimum Gasteiger partial charge on any atom is -0.377 e. The highest BCUT2D eigenvalue weighted by Crippen LogP contribution is 2.33. The van der Waals surface area contributed by atoms with Crippen LogP contribution in [0.4, 0.5) is 18.9 Å². The van der Waals surface area contributed by atoms with E-state index in [-0.39, 0.29) is 10.5 Å². The van der Waals surface area contributed by atoms with Crippen molar-refractivity contribution in [3.8, 4) is 0 Å². The first-order valence-electron chi connectivity index (χ1n) is 8.45. The molecule has 0 bridgehead atoms. The fraction of sp³-hybridized carbons (Fsp3) is 0.200. The molecule has 0 atom stereocenters. The van der Waals surface area contributed by atoms with E-state index < -0.39 is 28.3 Å². The van der Waals surface area contributed by atoms with Gasteiger partial charge >= 0.3 is 6.18 Å². The number of hydrogen-bond acceptors (Lipinski definition) is 3. The van der Waals surface area contributed by atoms with Crippen molar-refractivity contribution >= 4 is 26.5 Å². The lowest BCUT2D eigenvalue weighted by atomic mass is 10.1. The van der Waals surface area contributed by atoms with Crippen LogP contribution in [0.5, 0.6) is 0 Å². The lowest BCUT2D eigenvalue weighted by Gasteiger charge is -2.17. The van der Waals surface area contributed by atoms with E-state index >= 15 is 0 Å². The molecule has 8 heteroatoms. The average molecular weight is 408 g/mol. The summed E-state index contributed by atoms with van der Waals surface area (Å²) in [5.41, 5.74) is -0.143. The van der Waals surface area contributed by atoms with Crippen LogP contribution in [0.1, 0.15) is 11.1 Å². The molecule has 28 heavy (non-hydrogen) atoms. The lowest BCUT2D eigenvalue weighted by molar-refractivity contribution is -0.138. The Labute approximate surface area is 161 Å². The summed E-state index contributed by atoms with van der Waals surface area (Å²) in [6.07, 6.45) is -4.55. The van der Waals surface area contributed by atoms with E-state index in [1.54, 1.807) is 18.2 Å². The number of alkyl halides is 3. The first kappa shape index (κ1) is 20.2. The summed E-state index contributed by atoms with van der Waals surface area (Å²) in [5.74, 6) is 0. The monoisotopic (exact) mass is 408 g/mol. The summed E-state index contributed by atoms with van der Waals surface area (Å²) in [6.45, 7) is -0.457. The van der Waals surface area contributed by atoms with Gasteiger partial charge in [0.25, 0.3) is 0 Å². The molecule has 0 saturated heterocycles. The van der Waals surface area contributed by atoms with Crippen LogP contribution in [0.2, 0.25) is 0 Å². The van der Waals surface area contributed by atoms with Crippen LogP contribution in [0.15, 0.2) is 65.6 Å². The van der Waals surface area contributed by atoms with Gasteiger partial charge in [-0.15, -0.1) is 0 Å². The molecular weight excluding hydrogens is 389 g/mol. The van der Waals surface area contributed by atoms with Crippen molar-refractivity contribution in [2.45, 2.75) is 17.6 Å². The molecule has 0 aliphatic rings. The van der Waals surface area contributed by atoms with E-state index in [0.29, 0.717) is 5.39 Å². The largest absolute Gasteiger partial charge is 0.416 e. The number of sulfonamides is 1. The van der Waals surface area contributed by atoms with Crippen LogP contribution in [0.25, 0.3) is 10.8 Å². The number of anilines is 1. The molecule has 0 aliphatic heterocycles. The van der Waals surface area contributed by atoms with Crippen LogP contribution in [0.3, 0.4) is 0 Å². The zero-order valence-electron chi connectivity index (χ0n) is 15.3. The maximum Gasteiger partial charge on any atom is 0.416 e. The van der Waals surface area contributed by atoms with Crippen molar-refractivity contribution < 1.29 is 21.6 Å². The molecule has 0 fully saturated rings. The third-order valence-electron chi connectivity index (χ3n) is 4.41. The van der Waals surface area contributed by atoms with Gasteiger partial charge in [-0.2, -0.15) is 13.2 Å². The summed E-state index contributed by atoms with van der Waals surface area (Å²) in [5, 5.41) is 1.25. The van der Waals surface area contributed by atoms with Crippen molar-refractivity contribution in [3.05, 3.63) is 71.8 Å². The third-order valence-corrected chi connectivity index (χ3v) is 5.87. The predicted molar refractivity (Wildman–Crippen MR) is 104 cm³/mol. The minimum atomic E-state index is -4.55. The highest BCUT2D eigenvalue weighted by Gasteiger charge is 2.33. The van der Waals surface area contributed by atoms with Crippen molar-refractivity contribution in [1.82, 2.24) is 4.72 Å². The van der Waals surface area contributed by atoms with Crippen LogP contribution in [0, 0.1) is 0 Å².